The zero-order valence-corrected chi connectivity index (χ0v) is 44.7. The average Bonchev–Trinajstić information content (AvgIpc) is 3.77. The van der Waals surface area contributed by atoms with Crippen LogP contribution >= 0.6 is 0 Å². The van der Waals surface area contributed by atoms with E-state index in [1.165, 1.54) is 0 Å². The van der Waals surface area contributed by atoms with Crippen LogP contribution in [-0.4, -0.2) is 50.3 Å². The lowest BCUT2D eigenvalue weighted by atomic mass is 9.51. The first-order chi connectivity index (χ1) is 33.8. The van der Waals surface area contributed by atoms with Gasteiger partial charge in [-0.05, 0) is 93.2 Å². The van der Waals surface area contributed by atoms with Crippen molar-refractivity contribution in [3.8, 4) is 47.7 Å². The molecule has 4 aromatic rings. The monoisotopic (exact) mass is 979 g/mol. The highest BCUT2D eigenvalue weighted by atomic mass is 16.6. The van der Waals surface area contributed by atoms with E-state index in [0.717, 1.165) is 22.3 Å². The minimum Gasteiger partial charge on any atom is -0.493 e. The van der Waals surface area contributed by atoms with Gasteiger partial charge in [-0.2, -0.15) is 0 Å². The molecule has 6 rings (SSSR count). The Morgan fingerprint density at radius 3 is 1.15 bits per heavy atom. The van der Waals surface area contributed by atoms with Gasteiger partial charge in [0.1, 0.15) is 33.8 Å². The summed E-state index contributed by atoms with van der Waals surface area (Å²) < 4.78 is 36.7. The maximum atomic E-state index is 16.2. The van der Waals surface area contributed by atoms with Gasteiger partial charge >= 0.3 is 23.9 Å². The molecule has 0 saturated carbocycles. The van der Waals surface area contributed by atoms with Gasteiger partial charge in [-0.1, -0.05) is 119 Å². The topological polar surface area (TPSA) is 124 Å². The second-order valence-corrected chi connectivity index (χ2v) is 23.1. The molecule has 0 spiro atoms. The van der Waals surface area contributed by atoms with Gasteiger partial charge in [0.05, 0.1) is 26.4 Å². The first kappa shape index (κ1) is 54.8. The number of carbonyl (C=O) groups is 4. The van der Waals surface area contributed by atoms with Gasteiger partial charge in [-0.3, -0.25) is 19.2 Å². The van der Waals surface area contributed by atoms with Gasteiger partial charge in [0.15, 0.2) is 0 Å². The number of ether oxygens (including phenoxy) is 6. The number of esters is 4. The third-order valence-corrected chi connectivity index (χ3v) is 13.5. The first-order valence-corrected chi connectivity index (χ1v) is 25.3. The molecule has 2 heterocycles. The summed E-state index contributed by atoms with van der Waals surface area (Å²) in [5.41, 5.74) is 0.195. The molecule has 10 nitrogen and oxygen atoms in total. The van der Waals surface area contributed by atoms with Crippen molar-refractivity contribution in [1.29, 1.82) is 0 Å². The second kappa shape index (κ2) is 21.7. The summed E-state index contributed by atoms with van der Waals surface area (Å²) in [5, 5.41) is 0. The Morgan fingerprint density at radius 1 is 0.500 bits per heavy atom. The van der Waals surface area contributed by atoms with Crippen molar-refractivity contribution in [3.63, 3.8) is 0 Å². The first-order valence-electron chi connectivity index (χ1n) is 25.3. The van der Waals surface area contributed by atoms with Gasteiger partial charge in [0.25, 0.3) is 0 Å². The number of terminal acetylenes is 2. The van der Waals surface area contributed by atoms with Gasteiger partial charge < -0.3 is 28.4 Å². The Balaban J connectivity index is 1.57. The summed E-state index contributed by atoms with van der Waals surface area (Å²) in [6, 6.07) is 23.0. The third kappa shape index (κ3) is 11.2. The molecule has 2 unspecified atom stereocenters. The van der Waals surface area contributed by atoms with E-state index < -0.39 is 33.6 Å². The molecule has 0 fully saturated rings. The molecule has 382 valence electrons. The van der Waals surface area contributed by atoms with Crippen LogP contribution < -0.4 is 18.9 Å². The molecule has 72 heavy (non-hydrogen) atoms. The van der Waals surface area contributed by atoms with Crippen LogP contribution in [0.3, 0.4) is 0 Å². The summed E-state index contributed by atoms with van der Waals surface area (Å²) in [7, 11) is 0. The van der Waals surface area contributed by atoms with Crippen LogP contribution in [0.4, 0.5) is 0 Å². The quantitative estimate of drug-likeness (QED) is 0.0388. The predicted molar refractivity (Wildman–Crippen MR) is 281 cm³/mol. The van der Waals surface area contributed by atoms with E-state index in [-0.39, 0.29) is 62.0 Å². The van der Waals surface area contributed by atoms with E-state index in [1.54, 1.807) is 24.3 Å². The van der Waals surface area contributed by atoms with Crippen molar-refractivity contribution in [2.45, 2.75) is 167 Å². The number of hydrogen-bond acceptors (Lipinski definition) is 10. The number of carbonyl (C=O) groups excluding carboxylic acids is 4. The molecule has 0 saturated heterocycles. The smallest absolute Gasteiger partial charge is 0.328 e. The van der Waals surface area contributed by atoms with Gasteiger partial charge in [-0.25, -0.2) is 0 Å². The molecule has 0 radical (unpaired) electrons. The Kier molecular flexibility index (Phi) is 16.5. The van der Waals surface area contributed by atoms with E-state index in [9.17, 15) is 9.59 Å². The van der Waals surface area contributed by atoms with Crippen molar-refractivity contribution >= 4 is 23.9 Å². The molecule has 4 aromatic carbocycles. The van der Waals surface area contributed by atoms with E-state index in [0.29, 0.717) is 83.8 Å². The summed E-state index contributed by atoms with van der Waals surface area (Å²) >= 11 is 0. The molecule has 0 N–H and O–H groups in total. The van der Waals surface area contributed by atoms with Crippen LogP contribution in [0.15, 0.2) is 72.8 Å². The van der Waals surface area contributed by atoms with Crippen LogP contribution in [0, 0.1) is 24.7 Å². The summed E-state index contributed by atoms with van der Waals surface area (Å²) in [6.07, 6.45) is 14.2. The fourth-order valence-electron chi connectivity index (χ4n) is 9.55. The molecular formula is C62H74O10. The zero-order valence-electron chi connectivity index (χ0n) is 44.7. The lowest BCUT2D eigenvalue weighted by Gasteiger charge is -2.43. The van der Waals surface area contributed by atoms with E-state index in [1.807, 2.05) is 24.3 Å². The summed E-state index contributed by atoms with van der Waals surface area (Å²) in [4.78, 5) is 56.7. The van der Waals surface area contributed by atoms with Crippen molar-refractivity contribution in [2.24, 2.45) is 0 Å². The Bertz CT molecular complexity index is 2530. The fourth-order valence-corrected chi connectivity index (χ4v) is 9.55. The molecule has 0 bridgehead atoms. The number of hydrogen-bond donors (Lipinski definition) is 0. The number of unbranched alkanes of at least 4 members (excludes halogenated alkanes) is 2. The molecule has 0 aliphatic carbocycles. The lowest BCUT2D eigenvalue weighted by molar-refractivity contribution is -0.147. The van der Waals surface area contributed by atoms with Crippen LogP contribution in [0.1, 0.15) is 179 Å². The van der Waals surface area contributed by atoms with Crippen LogP contribution in [0.5, 0.6) is 23.0 Å². The Labute approximate surface area is 428 Å². The number of rotatable bonds is 19. The van der Waals surface area contributed by atoms with Crippen molar-refractivity contribution in [2.75, 3.05) is 26.4 Å². The fraction of sp³-hybridized carbons (Fsp3) is 0.484. The third-order valence-electron chi connectivity index (χ3n) is 13.5. The Hall–Kier alpha value is -6.52. The minimum atomic E-state index is -1.88. The molecule has 0 aromatic heterocycles. The highest BCUT2D eigenvalue weighted by Gasteiger charge is 2.73. The molecule has 2 aliphatic rings. The highest BCUT2D eigenvalue weighted by molar-refractivity contribution is 6.09. The minimum absolute atomic E-state index is 0.190. The maximum Gasteiger partial charge on any atom is 0.328 e. The SMILES string of the molecule is C#CCCCC(=O)OCCCOc1ccc(C2(C3(c4ccc(OCCCOC(=O)CCCC#C)cc4)C(=O)Oc4c(C(C)(C)C)cc(C(C)(C)C)cc43)C(=O)Oc3c(C(C)(C)C)cc(C(C)(C)C)cc32)cc1. The lowest BCUT2D eigenvalue weighted by Crippen LogP contribution is -2.58. The van der Waals surface area contributed by atoms with Gasteiger partial charge in [0, 0.05) is 60.8 Å². The highest BCUT2D eigenvalue weighted by Crippen LogP contribution is 2.65. The molecule has 2 atom stereocenters. The van der Waals surface area contributed by atoms with Gasteiger partial charge in [0.2, 0.25) is 0 Å². The van der Waals surface area contributed by atoms with E-state index in [4.69, 9.17) is 41.3 Å². The molecule has 0 amide bonds. The molecule has 10 heteroatoms. The summed E-state index contributed by atoms with van der Waals surface area (Å²) in [6.45, 7) is 26.3. The molecule has 2 aliphatic heterocycles. The van der Waals surface area contributed by atoms with Crippen LogP contribution in [0.2, 0.25) is 0 Å². The van der Waals surface area contributed by atoms with Crippen molar-refractivity contribution in [1.82, 2.24) is 0 Å². The standard InChI is InChI=1S/C62H74O10/c1-15-17-19-23-51(63)69-35-21-33-67-45-29-25-41(26-30-45)61(49-39-43(57(3,4)5)37-47(59(9,10)11)53(49)71-55(61)65)62(42-27-31-46(32-28-42)68-34-22-36-70-52(64)24-20-18-16-2)50-40-44(58(6,7)8)38-48(60(12,13)14)54(50)72-56(62)66/h1-2,25-32,37-40H,17-24,33-36H2,3-14H3. The van der Waals surface area contributed by atoms with Gasteiger partial charge in [-0.15, -0.1) is 24.7 Å². The summed E-state index contributed by atoms with van der Waals surface area (Å²) in [5.74, 6) is 5.09. The number of benzene rings is 4. The van der Waals surface area contributed by atoms with E-state index >= 15 is 9.59 Å². The van der Waals surface area contributed by atoms with Crippen molar-refractivity contribution < 1.29 is 47.6 Å². The van der Waals surface area contributed by atoms with Crippen LogP contribution in [0.25, 0.3) is 0 Å². The molecular weight excluding hydrogens is 905 g/mol. The Morgan fingerprint density at radius 2 is 0.847 bits per heavy atom. The predicted octanol–water partition coefficient (Wildman–Crippen LogP) is 12.2. The normalized spacial score (nSPS) is 17.5. The van der Waals surface area contributed by atoms with E-state index in [2.05, 4.69) is 119 Å². The number of fused-ring (bicyclic) bond motifs is 2. The largest absolute Gasteiger partial charge is 0.493 e. The van der Waals surface area contributed by atoms with Crippen molar-refractivity contribution in [3.05, 3.63) is 117 Å². The van der Waals surface area contributed by atoms with Crippen LogP contribution in [-0.2, 0) is 61.1 Å². The average molecular weight is 979 g/mol. The zero-order chi connectivity index (χ0) is 52.9. The second-order valence-electron chi connectivity index (χ2n) is 23.1. The maximum absolute atomic E-state index is 16.2.